The third-order valence-electron chi connectivity index (χ3n) is 2.79. The maximum absolute atomic E-state index is 11.5. The van der Waals surface area contributed by atoms with E-state index in [4.69, 9.17) is 14.4 Å². The topological polar surface area (TPSA) is 88.8 Å². The summed E-state index contributed by atoms with van der Waals surface area (Å²) in [6.07, 6.45) is 0.578. The van der Waals surface area contributed by atoms with Crippen molar-refractivity contribution in [2.75, 3.05) is 6.61 Å². The van der Waals surface area contributed by atoms with Crippen LogP contribution >= 0.6 is 0 Å². The van der Waals surface area contributed by atoms with Crippen LogP contribution in [0.2, 0.25) is 0 Å². The van der Waals surface area contributed by atoms with Crippen LogP contribution in [0.15, 0.2) is 33.5 Å². The molecular formula is C14H15NO5. The van der Waals surface area contributed by atoms with Gasteiger partial charge in [-0.1, -0.05) is 6.07 Å². The molecule has 0 spiro atoms. The third-order valence-corrected chi connectivity index (χ3v) is 2.79. The first-order valence-electron chi connectivity index (χ1n) is 6.20. The van der Waals surface area contributed by atoms with E-state index in [0.717, 1.165) is 5.56 Å². The molecule has 6 heteroatoms. The van der Waals surface area contributed by atoms with Gasteiger partial charge in [-0.25, -0.2) is 10.3 Å². The number of amides is 1. The Kier molecular flexibility index (Phi) is 4.37. The van der Waals surface area contributed by atoms with Crippen molar-refractivity contribution in [1.82, 2.24) is 5.48 Å². The van der Waals surface area contributed by atoms with Crippen LogP contribution in [0, 0.1) is 6.92 Å². The molecule has 1 aromatic heterocycles. The van der Waals surface area contributed by atoms with Crippen molar-refractivity contribution >= 4 is 16.9 Å². The van der Waals surface area contributed by atoms with Crippen molar-refractivity contribution < 1.29 is 19.2 Å². The Morgan fingerprint density at radius 3 is 2.95 bits per heavy atom. The van der Waals surface area contributed by atoms with Crippen LogP contribution < -0.4 is 15.8 Å². The molecule has 106 valence electrons. The molecule has 2 N–H and O–H groups in total. The fourth-order valence-electron chi connectivity index (χ4n) is 1.83. The molecule has 1 aromatic carbocycles. The van der Waals surface area contributed by atoms with Crippen LogP contribution in [0.25, 0.3) is 11.0 Å². The molecule has 1 amide bonds. The highest BCUT2D eigenvalue weighted by molar-refractivity contribution is 5.83. The lowest BCUT2D eigenvalue weighted by molar-refractivity contribution is -0.129. The summed E-state index contributed by atoms with van der Waals surface area (Å²) in [5, 5.41) is 9.07. The van der Waals surface area contributed by atoms with Gasteiger partial charge < -0.3 is 9.15 Å². The monoisotopic (exact) mass is 277 g/mol. The fraction of sp³-hybridized carbons (Fsp3) is 0.286. The number of hydrogen-bond acceptors (Lipinski definition) is 5. The summed E-state index contributed by atoms with van der Waals surface area (Å²) in [6.45, 7) is 2.17. The second-order valence-corrected chi connectivity index (χ2v) is 4.42. The smallest absolute Gasteiger partial charge is 0.339 e. The minimum atomic E-state index is -0.480. The molecule has 0 saturated heterocycles. The van der Waals surface area contributed by atoms with Crippen molar-refractivity contribution in [1.29, 1.82) is 0 Å². The van der Waals surface area contributed by atoms with Crippen molar-refractivity contribution in [2.24, 2.45) is 0 Å². The lowest BCUT2D eigenvalue weighted by atomic mass is 10.1. The third kappa shape index (κ3) is 3.36. The average molecular weight is 277 g/mol. The second kappa shape index (κ2) is 6.21. The maximum Gasteiger partial charge on any atom is 0.339 e. The van der Waals surface area contributed by atoms with Gasteiger partial charge in [0, 0.05) is 6.42 Å². The van der Waals surface area contributed by atoms with E-state index in [1.54, 1.807) is 11.5 Å². The van der Waals surface area contributed by atoms with E-state index in [1.807, 2.05) is 19.1 Å². The summed E-state index contributed by atoms with van der Waals surface area (Å²) in [6, 6.07) is 6.77. The minimum Gasteiger partial charge on any atom is -0.493 e. The Bertz CT molecular complexity index is 677. The highest BCUT2D eigenvalue weighted by Crippen LogP contribution is 2.24. The van der Waals surface area contributed by atoms with Crippen LogP contribution in [0.4, 0.5) is 0 Å². The summed E-state index contributed by atoms with van der Waals surface area (Å²) in [5.41, 5.74) is 2.53. The van der Waals surface area contributed by atoms with Crippen molar-refractivity contribution in [3.63, 3.8) is 0 Å². The van der Waals surface area contributed by atoms with Gasteiger partial charge in [0.15, 0.2) is 0 Å². The number of hydrogen-bond donors (Lipinski definition) is 2. The number of benzene rings is 1. The summed E-state index contributed by atoms with van der Waals surface area (Å²) >= 11 is 0. The summed E-state index contributed by atoms with van der Waals surface area (Å²) < 4.78 is 10.6. The van der Waals surface area contributed by atoms with Crippen LogP contribution in [-0.2, 0) is 4.79 Å². The van der Waals surface area contributed by atoms with E-state index in [9.17, 15) is 9.59 Å². The van der Waals surface area contributed by atoms with Gasteiger partial charge in [-0.15, -0.1) is 0 Å². The van der Waals surface area contributed by atoms with Crippen molar-refractivity contribution in [3.8, 4) is 5.75 Å². The number of rotatable bonds is 5. The Hall–Kier alpha value is -2.34. The Morgan fingerprint density at radius 2 is 2.20 bits per heavy atom. The molecule has 6 nitrogen and oxygen atoms in total. The largest absolute Gasteiger partial charge is 0.493 e. The summed E-state index contributed by atoms with van der Waals surface area (Å²) in [4.78, 5) is 22.3. The molecule has 0 aliphatic rings. The number of carbonyl (C=O) groups excluding carboxylic acids is 1. The van der Waals surface area contributed by atoms with Gasteiger partial charge in [0.05, 0.1) is 18.1 Å². The zero-order chi connectivity index (χ0) is 14.5. The van der Waals surface area contributed by atoms with E-state index in [1.165, 1.54) is 6.07 Å². The first-order chi connectivity index (χ1) is 9.60. The molecule has 0 aliphatic heterocycles. The van der Waals surface area contributed by atoms with E-state index >= 15 is 0 Å². The molecule has 2 rings (SSSR count). The van der Waals surface area contributed by atoms with E-state index in [2.05, 4.69) is 0 Å². The number of ether oxygens (including phenoxy) is 1. The number of carbonyl (C=O) groups is 1. The van der Waals surface area contributed by atoms with Gasteiger partial charge in [0.2, 0.25) is 5.91 Å². The predicted octanol–water partition coefficient (Wildman–Crippen LogP) is 1.77. The van der Waals surface area contributed by atoms with Gasteiger partial charge in [0.25, 0.3) is 0 Å². The SMILES string of the molecule is Cc1ccc2c(OCCCC(=O)NO)cc(=O)oc2c1. The number of fused-ring (bicyclic) bond motifs is 1. The zero-order valence-electron chi connectivity index (χ0n) is 11.0. The van der Waals surface area contributed by atoms with Gasteiger partial charge in [0.1, 0.15) is 11.3 Å². The molecule has 0 fully saturated rings. The Labute approximate surface area is 114 Å². The van der Waals surface area contributed by atoms with Crippen molar-refractivity contribution in [2.45, 2.75) is 19.8 Å². The number of hydroxylamine groups is 1. The number of nitrogens with one attached hydrogen (secondary N) is 1. The summed E-state index contributed by atoms with van der Waals surface area (Å²) in [7, 11) is 0. The highest BCUT2D eigenvalue weighted by atomic mass is 16.5. The van der Waals surface area contributed by atoms with Gasteiger partial charge in [-0.2, -0.15) is 0 Å². The fourth-order valence-corrected chi connectivity index (χ4v) is 1.83. The lowest BCUT2D eigenvalue weighted by Gasteiger charge is -2.08. The molecule has 0 saturated carbocycles. The quantitative estimate of drug-likeness (QED) is 0.376. The number of aryl methyl sites for hydroxylation is 1. The minimum absolute atomic E-state index is 0.148. The van der Waals surface area contributed by atoms with E-state index in [-0.39, 0.29) is 13.0 Å². The predicted molar refractivity (Wildman–Crippen MR) is 71.9 cm³/mol. The molecule has 0 bridgehead atoms. The van der Waals surface area contributed by atoms with Gasteiger partial charge in [-0.3, -0.25) is 10.0 Å². The van der Waals surface area contributed by atoms with Gasteiger partial charge in [-0.05, 0) is 31.0 Å². The first-order valence-corrected chi connectivity index (χ1v) is 6.20. The molecule has 20 heavy (non-hydrogen) atoms. The Morgan fingerprint density at radius 1 is 1.40 bits per heavy atom. The molecular weight excluding hydrogens is 262 g/mol. The molecule has 0 unspecified atom stereocenters. The summed E-state index contributed by atoms with van der Waals surface area (Å²) in [5.74, 6) is -0.0395. The molecule has 1 heterocycles. The molecule has 0 radical (unpaired) electrons. The maximum atomic E-state index is 11.5. The zero-order valence-corrected chi connectivity index (χ0v) is 11.0. The second-order valence-electron chi connectivity index (χ2n) is 4.42. The van der Waals surface area contributed by atoms with Gasteiger partial charge >= 0.3 is 5.63 Å². The lowest BCUT2D eigenvalue weighted by Crippen LogP contribution is -2.18. The van der Waals surface area contributed by atoms with Crippen LogP contribution in [0.3, 0.4) is 0 Å². The molecule has 0 aliphatic carbocycles. The van der Waals surface area contributed by atoms with Crippen LogP contribution in [0.1, 0.15) is 18.4 Å². The van der Waals surface area contributed by atoms with Crippen molar-refractivity contribution in [3.05, 3.63) is 40.2 Å². The molecule has 2 aromatic rings. The average Bonchev–Trinajstić information content (AvgIpc) is 2.42. The highest BCUT2D eigenvalue weighted by Gasteiger charge is 2.07. The normalized spacial score (nSPS) is 10.5. The van der Waals surface area contributed by atoms with E-state index in [0.29, 0.717) is 23.1 Å². The first kappa shape index (κ1) is 14.1. The van der Waals surface area contributed by atoms with E-state index < -0.39 is 11.5 Å². The van der Waals surface area contributed by atoms with Crippen LogP contribution in [-0.4, -0.2) is 17.7 Å². The molecule has 0 atom stereocenters. The Balaban J connectivity index is 2.13. The standard InChI is InChI=1S/C14H15NO5/c1-9-4-5-10-11(8-14(17)20-12(10)7-9)19-6-2-3-13(16)15-18/h4-5,7-8,18H,2-3,6H2,1H3,(H,15,16). The van der Waals surface area contributed by atoms with Crippen LogP contribution in [0.5, 0.6) is 5.75 Å².